The number of hydrogen-bond acceptors (Lipinski definition) is 4. The Kier molecular flexibility index (Phi) is 5.94. The van der Waals surface area contributed by atoms with E-state index in [9.17, 15) is 4.79 Å². The monoisotopic (exact) mass is 337 g/mol. The van der Waals surface area contributed by atoms with Crippen molar-refractivity contribution in [2.75, 3.05) is 19.6 Å². The van der Waals surface area contributed by atoms with Crippen molar-refractivity contribution in [3.05, 3.63) is 52.0 Å². The van der Waals surface area contributed by atoms with Crippen LogP contribution >= 0.6 is 23.7 Å². The van der Waals surface area contributed by atoms with Crippen LogP contribution in [0.1, 0.15) is 33.4 Å². The summed E-state index contributed by atoms with van der Waals surface area (Å²) >= 11 is 1.52. The lowest BCUT2D eigenvalue weighted by Gasteiger charge is -2.15. The Morgan fingerprint density at radius 3 is 2.86 bits per heavy atom. The number of aromatic nitrogens is 1. The molecule has 2 aromatic rings. The van der Waals surface area contributed by atoms with Crippen LogP contribution < -0.4 is 5.73 Å². The number of benzene rings is 1. The number of hydrogen-bond donors (Lipinski definition) is 1. The van der Waals surface area contributed by atoms with Crippen molar-refractivity contribution in [3.8, 4) is 0 Å². The van der Waals surface area contributed by atoms with E-state index in [1.165, 1.54) is 16.9 Å². The van der Waals surface area contributed by atoms with Crippen LogP contribution in [-0.2, 0) is 6.42 Å². The molecule has 1 unspecified atom stereocenters. The molecular weight excluding hydrogens is 318 g/mol. The van der Waals surface area contributed by atoms with Crippen molar-refractivity contribution in [1.82, 2.24) is 9.88 Å². The molecule has 1 fully saturated rings. The first-order valence-electron chi connectivity index (χ1n) is 7.26. The molecule has 0 aliphatic carbocycles. The Labute approximate surface area is 140 Å². The molecule has 3 rings (SSSR count). The molecule has 1 saturated heterocycles. The molecule has 4 nitrogen and oxygen atoms in total. The zero-order valence-electron chi connectivity index (χ0n) is 12.3. The fraction of sp³-hybridized carbons (Fsp3) is 0.375. The van der Waals surface area contributed by atoms with Gasteiger partial charge in [0.15, 0.2) is 0 Å². The fourth-order valence-electron chi connectivity index (χ4n) is 2.75. The molecule has 1 aromatic carbocycles. The predicted molar refractivity (Wildman–Crippen MR) is 91.8 cm³/mol. The highest BCUT2D eigenvalue weighted by Crippen LogP contribution is 2.28. The Bertz CT molecular complexity index is 617. The third-order valence-electron chi connectivity index (χ3n) is 3.88. The molecule has 0 bridgehead atoms. The van der Waals surface area contributed by atoms with Crippen LogP contribution in [0.4, 0.5) is 0 Å². The van der Waals surface area contributed by atoms with Gasteiger partial charge in [0.1, 0.15) is 5.69 Å². The van der Waals surface area contributed by atoms with Gasteiger partial charge in [-0.15, -0.1) is 23.7 Å². The quantitative estimate of drug-likeness (QED) is 0.933. The Balaban J connectivity index is 0.00000176. The maximum Gasteiger partial charge on any atom is 0.273 e. The van der Waals surface area contributed by atoms with Gasteiger partial charge in [0, 0.05) is 30.8 Å². The maximum atomic E-state index is 12.5. The molecule has 118 valence electrons. The summed E-state index contributed by atoms with van der Waals surface area (Å²) in [7, 11) is 0. The van der Waals surface area contributed by atoms with Crippen LogP contribution in [0.3, 0.4) is 0 Å². The second-order valence-electron chi connectivity index (χ2n) is 5.31. The Morgan fingerprint density at radius 2 is 2.14 bits per heavy atom. The van der Waals surface area contributed by atoms with Gasteiger partial charge in [0.05, 0.1) is 5.01 Å². The molecule has 1 aromatic heterocycles. The predicted octanol–water partition coefficient (Wildman–Crippen LogP) is 2.70. The van der Waals surface area contributed by atoms with Crippen LogP contribution in [-0.4, -0.2) is 35.4 Å². The van der Waals surface area contributed by atoms with Crippen molar-refractivity contribution in [2.24, 2.45) is 5.73 Å². The number of nitrogens with two attached hydrogens (primary N) is 1. The highest BCUT2D eigenvalue weighted by molar-refractivity contribution is 7.09. The van der Waals surface area contributed by atoms with E-state index in [4.69, 9.17) is 5.73 Å². The molecule has 0 saturated carbocycles. The number of amides is 1. The minimum absolute atomic E-state index is 0. The molecule has 2 N–H and O–H groups in total. The SMILES string of the molecule is Cl.NCCc1nc(C(=O)N2CCC(c3ccccc3)C2)cs1. The number of likely N-dealkylation sites (tertiary alicyclic amines) is 1. The average Bonchev–Trinajstić information content (AvgIpc) is 3.17. The minimum Gasteiger partial charge on any atom is -0.337 e. The van der Waals surface area contributed by atoms with Gasteiger partial charge in [-0.05, 0) is 18.5 Å². The second kappa shape index (κ2) is 7.72. The normalized spacial score (nSPS) is 17.3. The van der Waals surface area contributed by atoms with Gasteiger partial charge in [-0.2, -0.15) is 0 Å². The van der Waals surface area contributed by atoms with Crippen LogP contribution in [0.5, 0.6) is 0 Å². The van der Waals surface area contributed by atoms with E-state index in [-0.39, 0.29) is 18.3 Å². The molecule has 6 heteroatoms. The van der Waals surface area contributed by atoms with Gasteiger partial charge in [0.2, 0.25) is 0 Å². The maximum absolute atomic E-state index is 12.5. The van der Waals surface area contributed by atoms with E-state index in [1.807, 2.05) is 16.3 Å². The number of carbonyl (C=O) groups is 1. The van der Waals surface area contributed by atoms with Crippen LogP contribution in [0.15, 0.2) is 35.7 Å². The number of thiazole rings is 1. The summed E-state index contributed by atoms with van der Waals surface area (Å²) in [4.78, 5) is 18.8. The van der Waals surface area contributed by atoms with Crippen molar-refractivity contribution in [2.45, 2.75) is 18.8 Å². The zero-order valence-corrected chi connectivity index (χ0v) is 13.9. The van der Waals surface area contributed by atoms with E-state index >= 15 is 0 Å². The molecule has 2 heterocycles. The minimum atomic E-state index is 0. The van der Waals surface area contributed by atoms with E-state index in [0.717, 1.165) is 30.9 Å². The van der Waals surface area contributed by atoms with Crippen molar-refractivity contribution >= 4 is 29.7 Å². The lowest BCUT2D eigenvalue weighted by molar-refractivity contribution is 0.0785. The standard InChI is InChI=1S/C16H19N3OS.ClH/c17-8-6-15-18-14(11-21-15)16(20)19-9-7-13(10-19)12-4-2-1-3-5-12;/h1-5,11,13H,6-10,17H2;1H. The molecule has 1 atom stereocenters. The van der Waals surface area contributed by atoms with Crippen molar-refractivity contribution < 1.29 is 4.79 Å². The number of rotatable bonds is 4. The molecule has 1 aliphatic heterocycles. The number of carbonyl (C=O) groups excluding carboxylic acids is 1. The largest absolute Gasteiger partial charge is 0.337 e. The second-order valence-corrected chi connectivity index (χ2v) is 6.26. The van der Waals surface area contributed by atoms with Crippen LogP contribution in [0.25, 0.3) is 0 Å². The third-order valence-corrected chi connectivity index (χ3v) is 4.78. The van der Waals surface area contributed by atoms with Gasteiger partial charge in [-0.1, -0.05) is 30.3 Å². The first kappa shape index (κ1) is 16.9. The topological polar surface area (TPSA) is 59.2 Å². The number of nitrogens with zero attached hydrogens (tertiary/aromatic N) is 2. The summed E-state index contributed by atoms with van der Waals surface area (Å²) in [6.45, 7) is 2.16. The van der Waals surface area contributed by atoms with Crippen LogP contribution in [0.2, 0.25) is 0 Å². The summed E-state index contributed by atoms with van der Waals surface area (Å²) in [6, 6.07) is 10.4. The molecule has 0 spiro atoms. The average molecular weight is 338 g/mol. The van der Waals surface area contributed by atoms with E-state index in [1.54, 1.807) is 0 Å². The first-order chi connectivity index (χ1) is 10.3. The zero-order chi connectivity index (χ0) is 14.7. The molecular formula is C16H20ClN3OS. The summed E-state index contributed by atoms with van der Waals surface area (Å²) in [6.07, 6.45) is 1.76. The third kappa shape index (κ3) is 3.66. The van der Waals surface area contributed by atoms with Gasteiger partial charge in [0.25, 0.3) is 5.91 Å². The summed E-state index contributed by atoms with van der Waals surface area (Å²) in [5.41, 5.74) is 7.40. The van der Waals surface area contributed by atoms with Gasteiger partial charge >= 0.3 is 0 Å². The van der Waals surface area contributed by atoms with Crippen LogP contribution in [0, 0.1) is 0 Å². The van der Waals surface area contributed by atoms with Crippen molar-refractivity contribution in [1.29, 1.82) is 0 Å². The van der Waals surface area contributed by atoms with Gasteiger partial charge < -0.3 is 10.6 Å². The summed E-state index contributed by atoms with van der Waals surface area (Å²) in [5.74, 6) is 0.491. The first-order valence-corrected chi connectivity index (χ1v) is 8.14. The number of halogens is 1. The molecule has 0 radical (unpaired) electrons. The molecule has 1 aliphatic rings. The van der Waals surface area contributed by atoms with Gasteiger partial charge in [-0.3, -0.25) is 4.79 Å². The Hall–Kier alpha value is -1.43. The summed E-state index contributed by atoms with van der Waals surface area (Å²) in [5, 5.41) is 2.79. The molecule has 1 amide bonds. The van der Waals surface area contributed by atoms with E-state index < -0.39 is 0 Å². The highest BCUT2D eigenvalue weighted by Gasteiger charge is 2.28. The van der Waals surface area contributed by atoms with E-state index in [2.05, 4.69) is 29.2 Å². The Morgan fingerprint density at radius 1 is 1.36 bits per heavy atom. The van der Waals surface area contributed by atoms with Crippen molar-refractivity contribution in [3.63, 3.8) is 0 Å². The van der Waals surface area contributed by atoms with Gasteiger partial charge in [-0.25, -0.2) is 4.98 Å². The van der Waals surface area contributed by atoms with E-state index in [0.29, 0.717) is 18.2 Å². The highest BCUT2D eigenvalue weighted by atomic mass is 35.5. The summed E-state index contributed by atoms with van der Waals surface area (Å²) < 4.78 is 0. The lowest BCUT2D eigenvalue weighted by atomic mass is 9.99. The lowest BCUT2D eigenvalue weighted by Crippen LogP contribution is -2.28. The smallest absolute Gasteiger partial charge is 0.273 e. The molecule has 22 heavy (non-hydrogen) atoms. The fourth-order valence-corrected chi connectivity index (χ4v) is 3.54.